The Balaban J connectivity index is 0.00000153. The molecule has 0 aliphatic heterocycles. The predicted octanol–water partition coefficient (Wildman–Crippen LogP) is 4.95. The van der Waals surface area contributed by atoms with Gasteiger partial charge in [0.25, 0.3) is 5.91 Å². The Morgan fingerprint density at radius 3 is 2.14 bits per heavy atom. The fraction of sp³-hybridized carbons (Fsp3) is 0.444. The molecule has 2 amide bonds. The molecule has 1 aliphatic rings. The highest BCUT2D eigenvalue weighted by Crippen LogP contribution is 2.41. The molecule has 0 spiro atoms. The largest absolute Gasteiger partial charge is 0.480 e. The molecule has 0 aromatic heterocycles. The van der Waals surface area contributed by atoms with E-state index in [9.17, 15) is 19.5 Å². The number of amides is 2. The summed E-state index contributed by atoms with van der Waals surface area (Å²) in [5, 5.41) is 23.2. The number of ether oxygens (including phenoxy) is 1. The normalized spacial score (nSPS) is 14.7. The Kier molecular flexibility index (Phi) is 12.3. The van der Waals surface area contributed by atoms with Crippen molar-refractivity contribution in [2.24, 2.45) is 5.41 Å². The molecule has 0 bridgehead atoms. The molecular formula is C27H34Cl2N2O6. The number of aliphatic carboxylic acids is 1. The third-order valence-corrected chi connectivity index (χ3v) is 6.90. The van der Waals surface area contributed by atoms with Crippen LogP contribution in [0.3, 0.4) is 0 Å². The molecule has 2 aromatic rings. The molecule has 1 aliphatic carbocycles. The molecule has 8 nitrogen and oxygen atoms in total. The third kappa shape index (κ3) is 8.71. The van der Waals surface area contributed by atoms with Crippen molar-refractivity contribution in [1.82, 2.24) is 5.32 Å². The average molecular weight is 553 g/mol. The molecular weight excluding hydrogens is 519 g/mol. The number of nitrogens with one attached hydrogen (secondary N) is 2. The number of carboxylic acids is 1. The van der Waals surface area contributed by atoms with Crippen LogP contribution in [0.2, 0.25) is 10.0 Å². The number of carboxylic acid groups (broad SMARTS) is 1. The number of anilines is 1. The van der Waals surface area contributed by atoms with Gasteiger partial charge in [-0.1, -0.05) is 54.2 Å². The first-order valence-corrected chi connectivity index (χ1v) is 12.9. The van der Waals surface area contributed by atoms with Crippen molar-refractivity contribution in [3.8, 4) is 0 Å². The van der Waals surface area contributed by atoms with Crippen molar-refractivity contribution in [3.63, 3.8) is 0 Å². The van der Waals surface area contributed by atoms with Gasteiger partial charge in [-0.3, -0.25) is 9.59 Å². The lowest BCUT2D eigenvalue weighted by Crippen LogP contribution is -2.49. The maximum atomic E-state index is 13.0. The van der Waals surface area contributed by atoms with E-state index in [1.807, 2.05) is 0 Å². The summed E-state index contributed by atoms with van der Waals surface area (Å²) in [5.74, 6) is -1.77. The van der Waals surface area contributed by atoms with Gasteiger partial charge in [-0.2, -0.15) is 0 Å². The first kappa shape index (κ1) is 30.6. The minimum absolute atomic E-state index is 0.117. The number of carbonyl (C=O) groups excluding carboxylic acids is 2. The summed E-state index contributed by atoms with van der Waals surface area (Å²) in [5.41, 5.74) is 0.819. The lowest BCUT2D eigenvalue weighted by molar-refractivity contribution is -0.144. The van der Waals surface area contributed by atoms with Gasteiger partial charge in [-0.25, -0.2) is 4.79 Å². The van der Waals surface area contributed by atoms with E-state index in [0.717, 1.165) is 25.7 Å². The molecule has 1 saturated carbocycles. The SMILES string of the molecule is CCO.COCCC1(C(=O)N[C@@H](Cc2ccc(NC(=O)c3c(Cl)cccc3Cl)cc2)C(=O)O)CCCC1. The standard InChI is InChI=1S/C25H28Cl2N2O5.C2H6O/c1-34-14-13-25(11-2-3-12-25)24(33)29-20(23(31)32)15-16-7-9-17(10-8-16)28-22(30)21-18(26)5-4-6-19(21)27;1-2-3/h4-10,20H,2-3,11-15H2,1H3,(H,28,30)(H,29,33)(H,31,32);3H,2H2,1H3/t20-;/m0./s1. The van der Waals surface area contributed by atoms with E-state index in [4.69, 9.17) is 33.0 Å². The van der Waals surface area contributed by atoms with Crippen LogP contribution in [0.1, 0.15) is 54.9 Å². The molecule has 0 saturated heterocycles. The summed E-state index contributed by atoms with van der Waals surface area (Å²) in [6.45, 7) is 2.39. The Hall–Kier alpha value is -2.65. The zero-order valence-electron chi connectivity index (χ0n) is 21.1. The van der Waals surface area contributed by atoms with Gasteiger partial charge >= 0.3 is 5.97 Å². The molecule has 1 fully saturated rings. The first-order chi connectivity index (χ1) is 17.7. The topological polar surface area (TPSA) is 125 Å². The van der Waals surface area contributed by atoms with E-state index >= 15 is 0 Å². The summed E-state index contributed by atoms with van der Waals surface area (Å²) >= 11 is 12.2. The summed E-state index contributed by atoms with van der Waals surface area (Å²) < 4.78 is 5.17. The second-order valence-corrected chi connectivity index (χ2v) is 9.68. The lowest BCUT2D eigenvalue weighted by Gasteiger charge is -2.29. The summed E-state index contributed by atoms with van der Waals surface area (Å²) in [7, 11) is 1.59. The van der Waals surface area contributed by atoms with Gasteiger partial charge < -0.3 is 25.6 Å². The lowest BCUT2D eigenvalue weighted by atomic mass is 9.81. The van der Waals surface area contributed by atoms with E-state index in [1.165, 1.54) is 0 Å². The summed E-state index contributed by atoms with van der Waals surface area (Å²) in [4.78, 5) is 37.5. The monoisotopic (exact) mass is 552 g/mol. The molecule has 4 N–H and O–H groups in total. The van der Waals surface area contributed by atoms with E-state index in [0.29, 0.717) is 24.3 Å². The van der Waals surface area contributed by atoms with Gasteiger partial charge in [-0.05, 0) is 56.0 Å². The quantitative estimate of drug-likeness (QED) is 0.330. The number of hydrogen-bond donors (Lipinski definition) is 4. The molecule has 2 aromatic carbocycles. The van der Waals surface area contributed by atoms with Crippen LogP contribution >= 0.6 is 23.2 Å². The number of rotatable bonds is 10. The van der Waals surface area contributed by atoms with Crippen LogP contribution in [-0.4, -0.2) is 54.4 Å². The number of methoxy groups -OCH3 is 1. The van der Waals surface area contributed by atoms with Gasteiger partial charge in [0.1, 0.15) is 6.04 Å². The minimum Gasteiger partial charge on any atom is -0.480 e. The first-order valence-electron chi connectivity index (χ1n) is 12.1. The van der Waals surface area contributed by atoms with Crippen LogP contribution in [0.5, 0.6) is 0 Å². The van der Waals surface area contributed by atoms with Crippen LogP contribution in [0.15, 0.2) is 42.5 Å². The Labute approximate surface area is 227 Å². The fourth-order valence-corrected chi connectivity index (χ4v) is 4.89. The highest BCUT2D eigenvalue weighted by atomic mass is 35.5. The second-order valence-electron chi connectivity index (χ2n) is 8.86. The van der Waals surface area contributed by atoms with Crippen LogP contribution < -0.4 is 10.6 Å². The van der Waals surface area contributed by atoms with Crippen LogP contribution in [0.25, 0.3) is 0 Å². The van der Waals surface area contributed by atoms with Crippen molar-refractivity contribution < 1.29 is 29.3 Å². The zero-order chi connectivity index (χ0) is 27.4. The van der Waals surface area contributed by atoms with E-state index in [1.54, 1.807) is 56.5 Å². The Morgan fingerprint density at radius 2 is 1.62 bits per heavy atom. The van der Waals surface area contributed by atoms with Crippen LogP contribution in [-0.2, 0) is 20.7 Å². The van der Waals surface area contributed by atoms with Crippen molar-refractivity contribution in [2.45, 2.75) is 51.5 Å². The average Bonchev–Trinajstić information content (AvgIpc) is 3.34. The van der Waals surface area contributed by atoms with Crippen molar-refractivity contribution in [2.75, 3.05) is 25.6 Å². The predicted molar refractivity (Wildman–Crippen MR) is 144 cm³/mol. The van der Waals surface area contributed by atoms with Crippen molar-refractivity contribution in [3.05, 3.63) is 63.6 Å². The van der Waals surface area contributed by atoms with Gasteiger partial charge in [-0.15, -0.1) is 0 Å². The molecule has 10 heteroatoms. The van der Waals surface area contributed by atoms with E-state index in [-0.39, 0.29) is 34.5 Å². The maximum Gasteiger partial charge on any atom is 0.326 e. The number of aliphatic hydroxyl groups excluding tert-OH is 1. The van der Waals surface area contributed by atoms with Gasteiger partial charge in [0.15, 0.2) is 0 Å². The molecule has 37 heavy (non-hydrogen) atoms. The van der Waals surface area contributed by atoms with Gasteiger partial charge in [0.05, 0.1) is 21.0 Å². The Morgan fingerprint density at radius 1 is 1.05 bits per heavy atom. The highest BCUT2D eigenvalue weighted by Gasteiger charge is 2.42. The van der Waals surface area contributed by atoms with Crippen molar-refractivity contribution in [1.29, 1.82) is 0 Å². The molecule has 3 rings (SSSR count). The van der Waals surface area contributed by atoms with Crippen LogP contribution in [0, 0.1) is 5.41 Å². The summed E-state index contributed by atoms with van der Waals surface area (Å²) in [6, 6.07) is 10.5. The number of carbonyl (C=O) groups is 3. The van der Waals surface area contributed by atoms with E-state index < -0.39 is 23.3 Å². The van der Waals surface area contributed by atoms with Gasteiger partial charge in [0.2, 0.25) is 5.91 Å². The summed E-state index contributed by atoms with van der Waals surface area (Å²) in [6.07, 6.45) is 4.05. The van der Waals surface area contributed by atoms with Crippen LogP contribution in [0.4, 0.5) is 5.69 Å². The minimum atomic E-state index is -1.10. The number of hydrogen-bond acceptors (Lipinski definition) is 5. The fourth-order valence-electron chi connectivity index (χ4n) is 4.32. The highest BCUT2D eigenvalue weighted by molar-refractivity contribution is 6.40. The molecule has 202 valence electrons. The Bertz CT molecular complexity index is 1040. The number of benzene rings is 2. The number of halogens is 2. The molecule has 0 radical (unpaired) electrons. The van der Waals surface area contributed by atoms with Crippen molar-refractivity contribution >= 4 is 46.7 Å². The molecule has 1 atom stereocenters. The maximum absolute atomic E-state index is 13.0. The molecule has 0 heterocycles. The zero-order valence-corrected chi connectivity index (χ0v) is 22.6. The van der Waals surface area contributed by atoms with Gasteiger partial charge in [0, 0.05) is 32.4 Å². The number of aliphatic hydroxyl groups is 1. The smallest absolute Gasteiger partial charge is 0.326 e. The molecule has 0 unspecified atom stereocenters. The second kappa shape index (κ2) is 14.9. The third-order valence-electron chi connectivity index (χ3n) is 6.27. The van der Waals surface area contributed by atoms with E-state index in [2.05, 4.69) is 10.6 Å².